The standard InChI is InChI=1S/C27H27ClN8O2/c28-22-16-31-27-33-21-11-18(14-30-15-21)1-2-19-13-20(32-26(22)35-27)3-4-23(19)34-24(37)12-17-6-9-36(10-7-17)25(38)5-8-29/h3-4,11,13-17H,1-2,5-7,9-10,12H2,(H,34,37)(H2,31,32,33,35). The molecule has 1 aromatic carbocycles. The van der Waals surface area contributed by atoms with Crippen molar-refractivity contribution in [1.29, 1.82) is 5.26 Å². The molecule has 6 bridgehead atoms. The number of fused-ring (bicyclic) bond motifs is 6. The van der Waals surface area contributed by atoms with Gasteiger partial charge in [0.1, 0.15) is 11.4 Å². The van der Waals surface area contributed by atoms with Gasteiger partial charge >= 0.3 is 0 Å². The second-order valence-corrected chi connectivity index (χ2v) is 9.91. The van der Waals surface area contributed by atoms with E-state index in [2.05, 4.69) is 30.9 Å². The average molecular weight is 531 g/mol. The van der Waals surface area contributed by atoms with Crippen LogP contribution in [0.15, 0.2) is 42.9 Å². The summed E-state index contributed by atoms with van der Waals surface area (Å²) in [6.07, 6.45) is 8.28. The maximum absolute atomic E-state index is 13.0. The molecule has 2 aromatic heterocycles. The molecule has 4 heterocycles. The number of pyridine rings is 1. The van der Waals surface area contributed by atoms with Crippen LogP contribution in [0.25, 0.3) is 0 Å². The molecule has 10 nitrogen and oxygen atoms in total. The normalized spacial score (nSPS) is 15.0. The van der Waals surface area contributed by atoms with Gasteiger partial charge in [0.2, 0.25) is 17.8 Å². The Morgan fingerprint density at radius 2 is 1.95 bits per heavy atom. The number of nitriles is 1. The Morgan fingerprint density at radius 3 is 2.76 bits per heavy atom. The summed E-state index contributed by atoms with van der Waals surface area (Å²) in [5.74, 6) is 0.875. The molecule has 1 fully saturated rings. The van der Waals surface area contributed by atoms with Crippen molar-refractivity contribution in [1.82, 2.24) is 19.9 Å². The Morgan fingerprint density at radius 1 is 1.11 bits per heavy atom. The van der Waals surface area contributed by atoms with Crippen LogP contribution in [0, 0.1) is 17.2 Å². The van der Waals surface area contributed by atoms with E-state index in [1.54, 1.807) is 11.1 Å². The number of amides is 2. The van der Waals surface area contributed by atoms with E-state index in [-0.39, 0.29) is 24.2 Å². The number of anilines is 5. The third-order valence-corrected chi connectivity index (χ3v) is 7.07. The number of benzene rings is 1. The Bertz CT molecular complexity index is 1400. The minimum atomic E-state index is -0.139. The number of aromatic nitrogens is 3. The minimum Gasteiger partial charge on any atom is -0.342 e. The quantitative estimate of drug-likeness (QED) is 0.445. The second-order valence-electron chi connectivity index (χ2n) is 9.51. The number of rotatable bonds is 4. The fourth-order valence-corrected chi connectivity index (χ4v) is 4.92. The van der Waals surface area contributed by atoms with Crippen LogP contribution in [-0.2, 0) is 22.4 Å². The van der Waals surface area contributed by atoms with Gasteiger partial charge in [-0.2, -0.15) is 10.2 Å². The van der Waals surface area contributed by atoms with Crippen LogP contribution < -0.4 is 16.0 Å². The zero-order valence-corrected chi connectivity index (χ0v) is 21.5. The lowest BCUT2D eigenvalue weighted by molar-refractivity contribution is -0.131. The topological polar surface area (TPSA) is 136 Å². The van der Waals surface area contributed by atoms with Gasteiger partial charge in [0.25, 0.3) is 0 Å². The van der Waals surface area contributed by atoms with Gasteiger partial charge in [0, 0.05) is 37.1 Å². The molecular weight excluding hydrogens is 504 g/mol. The number of nitrogens with one attached hydrogen (secondary N) is 3. The number of hydrogen-bond acceptors (Lipinski definition) is 8. The van der Waals surface area contributed by atoms with Crippen molar-refractivity contribution >= 4 is 52.2 Å². The Labute approximate surface area is 225 Å². The highest BCUT2D eigenvalue weighted by Crippen LogP contribution is 2.30. The summed E-state index contributed by atoms with van der Waals surface area (Å²) < 4.78 is 0. The summed E-state index contributed by atoms with van der Waals surface area (Å²) in [5.41, 5.74) is 4.34. The van der Waals surface area contributed by atoms with Crippen molar-refractivity contribution in [3.63, 3.8) is 0 Å². The summed E-state index contributed by atoms with van der Waals surface area (Å²) in [6, 6.07) is 9.68. The van der Waals surface area contributed by atoms with Gasteiger partial charge in [-0.15, -0.1) is 0 Å². The molecule has 0 saturated carbocycles. The summed E-state index contributed by atoms with van der Waals surface area (Å²) in [4.78, 5) is 39.8. The van der Waals surface area contributed by atoms with E-state index in [0.717, 1.165) is 47.5 Å². The highest BCUT2D eigenvalue weighted by molar-refractivity contribution is 6.32. The number of carbonyl (C=O) groups excluding carboxylic acids is 2. The monoisotopic (exact) mass is 530 g/mol. The van der Waals surface area contributed by atoms with Crippen LogP contribution in [0.2, 0.25) is 5.02 Å². The van der Waals surface area contributed by atoms with E-state index in [1.165, 1.54) is 6.20 Å². The molecule has 2 aliphatic heterocycles. The number of hydrogen-bond donors (Lipinski definition) is 3. The van der Waals surface area contributed by atoms with Gasteiger partial charge < -0.3 is 20.9 Å². The highest BCUT2D eigenvalue weighted by atomic mass is 35.5. The fourth-order valence-electron chi connectivity index (χ4n) is 4.78. The van der Waals surface area contributed by atoms with Crippen LogP contribution in [0.4, 0.5) is 28.8 Å². The smallest absolute Gasteiger partial charge is 0.236 e. The first-order valence-corrected chi connectivity index (χ1v) is 12.9. The van der Waals surface area contributed by atoms with Crippen molar-refractivity contribution in [2.24, 2.45) is 5.92 Å². The van der Waals surface area contributed by atoms with E-state index in [4.69, 9.17) is 16.9 Å². The summed E-state index contributed by atoms with van der Waals surface area (Å²) in [5, 5.41) is 18.7. The number of aryl methyl sites for hydroxylation is 2. The van der Waals surface area contributed by atoms with Gasteiger partial charge in [-0.1, -0.05) is 11.6 Å². The molecule has 5 rings (SSSR count). The molecular formula is C27H27ClN8O2. The molecule has 0 spiro atoms. The Hall–Kier alpha value is -4.23. The largest absolute Gasteiger partial charge is 0.342 e. The van der Waals surface area contributed by atoms with E-state index < -0.39 is 0 Å². The molecule has 38 heavy (non-hydrogen) atoms. The van der Waals surface area contributed by atoms with Crippen LogP contribution in [0.3, 0.4) is 0 Å². The van der Waals surface area contributed by atoms with Gasteiger partial charge in [-0.3, -0.25) is 14.6 Å². The van der Waals surface area contributed by atoms with E-state index in [0.29, 0.717) is 42.7 Å². The van der Waals surface area contributed by atoms with Crippen molar-refractivity contribution < 1.29 is 9.59 Å². The first-order valence-electron chi connectivity index (χ1n) is 12.5. The van der Waals surface area contributed by atoms with Crippen molar-refractivity contribution in [3.8, 4) is 6.07 Å². The van der Waals surface area contributed by atoms with Crippen molar-refractivity contribution in [3.05, 3.63) is 59.0 Å². The zero-order valence-electron chi connectivity index (χ0n) is 20.7. The van der Waals surface area contributed by atoms with Crippen molar-refractivity contribution in [2.45, 2.75) is 38.5 Å². The molecule has 194 valence electrons. The summed E-state index contributed by atoms with van der Waals surface area (Å²) >= 11 is 6.35. The Kier molecular flexibility index (Phi) is 7.65. The fraction of sp³-hybridized carbons (Fsp3) is 0.333. The average Bonchev–Trinajstić information content (AvgIpc) is 2.91. The number of halogens is 1. The molecule has 0 unspecified atom stereocenters. The maximum Gasteiger partial charge on any atom is 0.236 e. The minimum absolute atomic E-state index is 0.0528. The lowest BCUT2D eigenvalue weighted by Gasteiger charge is -2.31. The molecule has 0 radical (unpaired) electrons. The van der Waals surface area contributed by atoms with Crippen LogP contribution >= 0.6 is 11.6 Å². The Balaban J connectivity index is 1.31. The van der Waals surface area contributed by atoms with Gasteiger partial charge in [0.05, 0.1) is 24.2 Å². The van der Waals surface area contributed by atoms with Crippen LogP contribution in [-0.4, -0.2) is 44.8 Å². The van der Waals surface area contributed by atoms with Crippen LogP contribution in [0.5, 0.6) is 0 Å². The van der Waals surface area contributed by atoms with E-state index in [1.807, 2.05) is 36.5 Å². The maximum atomic E-state index is 13.0. The van der Waals surface area contributed by atoms with Crippen LogP contribution in [0.1, 0.15) is 36.8 Å². The second kappa shape index (κ2) is 11.4. The molecule has 3 aromatic rings. The molecule has 2 aliphatic rings. The first kappa shape index (κ1) is 25.4. The van der Waals surface area contributed by atoms with E-state index >= 15 is 0 Å². The predicted molar refractivity (Wildman–Crippen MR) is 144 cm³/mol. The zero-order chi connectivity index (χ0) is 26.5. The number of likely N-dealkylation sites (tertiary alicyclic amines) is 1. The van der Waals surface area contributed by atoms with Gasteiger partial charge in [-0.25, -0.2) is 4.98 Å². The molecule has 0 atom stereocenters. The van der Waals surface area contributed by atoms with Gasteiger partial charge in [-0.05, 0) is 67.0 Å². The van der Waals surface area contributed by atoms with Gasteiger partial charge in [0.15, 0.2) is 5.82 Å². The summed E-state index contributed by atoms with van der Waals surface area (Å²) in [6.45, 7) is 1.17. The molecule has 0 aliphatic carbocycles. The number of nitrogens with zero attached hydrogens (tertiary/aromatic N) is 5. The number of piperidine rings is 1. The third-order valence-electron chi connectivity index (χ3n) is 6.79. The highest BCUT2D eigenvalue weighted by Gasteiger charge is 2.24. The van der Waals surface area contributed by atoms with E-state index in [9.17, 15) is 9.59 Å². The lowest BCUT2D eigenvalue weighted by Crippen LogP contribution is -2.39. The molecule has 11 heteroatoms. The molecule has 1 saturated heterocycles. The predicted octanol–water partition coefficient (Wildman–Crippen LogP) is 4.59. The molecule has 3 N–H and O–H groups in total. The SMILES string of the molecule is N#CCC(=O)N1CCC(CC(=O)Nc2ccc3cc2CCc2cncc(c2)Nc2ncc(Cl)c(n2)N3)CC1. The lowest BCUT2D eigenvalue weighted by atomic mass is 9.93. The number of carbonyl (C=O) groups is 2. The molecule has 2 amide bonds. The third kappa shape index (κ3) is 6.18. The summed E-state index contributed by atoms with van der Waals surface area (Å²) in [7, 11) is 0. The van der Waals surface area contributed by atoms with Crippen molar-refractivity contribution in [2.75, 3.05) is 29.0 Å². The first-order chi connectivity index (χ1) is 18.5.